The van der Waals surface area contributed by atoms with E-state index >= 15 is 0 Å². The number of hydrogen-bond acceptors (Lipinski definition) is 4. The second kappa shape index (κ2) is 7.75. The number of ether oxygens (including phenoxy) is 1. The molecule has 0 bridgehead atoms. The molecule has 0 atom stereocenters. The lowest BCUT2D eigenvalue weighted by Crippen LogP contribution is -2.36. The summed E-state index contributed by atoms with van der Waals surface area (Å²) in [6, 6.07) is 11.8. The standard InChI is InChI=1S/C19H21N3O2/c1-15-2-4-16(5-3-15)6-9-19(23)21-17-7-8-18(20-14-17)22-10-12-24-13-11-22/h2-9,14H,10-13H2,1H3,(H,21,23)/b9-6+. The molecule has 3 rings (SSSR count). The number of pyridine rings is 1. The highest BCUT2D eigenvalue weighted by Gasteiger charge is 2.12. The Morgan fingerprint density at radius 1 is 1.17 bits per heavy atom. The second-order valence-corrected chi connectivity index (χ2v) is 5.74. The molecular formula is C19H21N3O2. The number of nitrogens with one attached hydrogen (secondary N) is 1. The Bertz CT molecular complexity index is 702. The van der Waals surface area contributed by atoms with Crippen molar-refractivity contribution in [3.63, 3.8) is 0 Å². The van der Waals surface area contributed by atoms with Crippen molar-refractivity contribution in [3.8, 4) is 0 Å². The lowest BCUT2D eigenvalue weighted by atomic mass is 10.1. The zero-order valence-electron chi connectivity index (χ0n) is 13.7. The number of benzene rings is 1. The highest BCUT2D eigenvalue weighted by atomic mass is 16.5. The maximum atomic E-state index is 12.0. The largest absolute Gasteiger partial charge is 0.378 e. The van der Waals surface area contributed by atoms with E-state index in [-0.39, 0.29) is 5.91 Å². The molecule has 1 aromatic carbocycles. The summed E-state index contributed by atoms with van der Waals surface area (Å²) in [7, 11) is 0. The summed E-state index contributed by atoms with van der Waals surface area (Å²) in [5.74, 6) is 0.739. The van der Waals surface area contributed by atoms with E-state index in [4.69, 9.17) is 4.74 Å². The minimum absolute atomic E-state index is 0.170. The van der Waals surface area contributed by atoms with Crippen molar-refractivity contribution >= 4 is 23.5 Å². The maximum Gasteiger partial charge on any atom is 0.248 e. The number of morpholine rings is 1. The summed E-state index contributed by atoms with van der Waals surface area (Å²) >= 11 is 0. The molecule has 0 aliphatic carbocycles. The van der Waals surface area contributed by atoms with Gasteiger partial charge in [0.2, 0.25) is 5.91 Å². The van der Waals surface area contributed by atoms with Gasteiger partial charge in [-0.1, -0.05) is 29.8 Å². The van der Waals surface area contributed by atoms with Gasteiger partial charge >= 0.3 is 0 Å². The van der Waals surface area contributed by atoms with Gasteiger partial charge in [-0.3, -0.25) is 4.79 Å². The van der Waals surface area contributed by atoms with Crippen LogP contribution >= 0.6 is 0 Å². The number of carbonyl (C=O) groups excluding carboxylic acids is 1. The summed E-state index contributed by atoms with van der Waals surface area (Å²) in [6.07, 6.45) is 5.01. The molecule has 2 aromatic rings. The molecule has 1 amide bonds. The molecule has 0 radical (unpaired) electrons. The Kier molecular flexibility index (Phi) is 5.23. The van der Waals surface area contributed by atoms with Crippen molar-refractivity contribution in [1.82, 2.24) is 4.98 Å². The average Bonchev–Trinajstić information content (AvgIpc) is 2.63. The number of nitrogens with zero attached hydrogens (tertiary/aromatic N) is 2. The summed E-state index contributed by atoms with van der Waals surface area (Å²) in [6.45, 7) is 5.18. The van der Waals surface area contributed by atoms with Gasteiger partial charge in [0.15, 0.2) is 0 Å². The first kappa shape index (κ1) is 16.2. The number of aryl methyl sites for hydroxylation is 1. The van der Waals surface area contributed by atoms with Gasteiger partial charge in [-0.2, -0.15) is 0 Å². The Hall–Kier alpha value is -2.66. The molecule has 5 nitrogen and oxygen atoms in total. The number of anilines is 2. The van der Waals surface area contributed by atoms with Gasteiger partial charge in [0.1, 0.15) is 5.82 Å². The lowest BCUT2D eigenvalue weighted by molar-refractivity contribution is -0.111. The van der Waals surface area contributed by atoms with Crippen LogP contribution in [0.3, 0.4) is 0 Å². The van der Waals surface area contributed by atoms with Crippen molar-refractivity contribution in [2.75, 3.05) is 36.5 Å². The molecule has 0 spiro atoms. The van der Waals surface area contributed by atoms with Crippen LogP contribution in [0.5, 0.6) is 0 Å². The molecule has 24 heavy (non-hydrogen) atoms. The predicted octanol–water partition coefficient (Wildman–Crippen LogP) is 2.88. The second-order valence-electron chi connectivity index (χ2n) is 5.74. The van der Waals surface area contributed by atoms with E-state index in [2.05, 4.69) is 15.2 Å². The van der Waals surface area contributed by atoms with Crippen LogP contribution in [-0.2, 0) is 9.53 Å². The van der Waals surface area contributed by atoms with Crippen LogP contribution in [0.2, 0.25) is 0 Å². The van der Waals surface area contributed by atoms with Gasteiger partial charge in [0, 0.05) is 19.2 Å². The summed E-state index contributed by atoms with van der Waals surface area (Å²) in [5.41, 5.74) is 2.88. The third kappa shape index (κ3) is 4.43. The molecule has 124 valence electrons. The first-order chi connectivity index (χ1) is 11.7. The fraction of sp³-hybridized carbons (Fsp3) is 0.263. The van der Waals surface area contributed by atoms with Gasteiger partial charge < -0.3 is 15.0 Å². The van der Waals surface area contributed by atoms with Crippen LogP contribution in [0.25, 0.3) is 6.08 Å². The first-order valence-corrected chi connectivity index (χ1v) is 8.05. The molecule has 1 aliphatic heterocycles. The number of carbonyl (C=O) groups is 1. The summed E-state index contributed by atoms with van der Waals surface area (Å²) in [5, 5.41) is 2.82. The van der Waals surface area contributed by atoms with Crippen LogP contribution in [-0.4, -0.2) is 37.2 Å². The Morgan fingerprint density at radius 3 is 2.58 bits per heavy atom. The van der Waals surface area contributed by atoms with Crippen LogP contribution in [0.15, 0.2) is 48.7 Å². The van der Waals surface area contributed by atoms with Gasteiger partial charge in [-0.05, 0) is 30.7 Å². The van der Waals surface area contributed by atoms with E-state index in [0.29, 0.717) is 5.69 Å². The van der Waals surface area contributed by atoms with Gasteiger partial charge in [-0.25, -0.2) is 4.98 Å². The normalized spacial score (nSPS) is 14.8. The average molecular weight is 323 g/mol. The third-order valence-electron chi connectivity index (χ3n) is 3.85. The Labute approximate surface area is 142 Å². The molecule has 1 saturated heterocycles. The first-order valence-electron chi connectivity index (χ1n) is 8.05. The van der Waals surface area contributed by atoms with Crippen LogP contribution in [0.4, 0.5) is 11.5 Å². The van der Waals surface area contributed by atoms with E-state index in [1.165, 1.54) is 11.6 Å². The number of aromatic nitrogens is 1. The van der Waals surface area contributed by atoms with Crippen LogP contribution in [0, 0.1) is 6.92 Å². The van der Waals surface area contributed by atoms with Gasteiger partial charge in [0.05, 0.1) is 25.1 Å². The van der Waals surface area contributed by atoms with Crippen molar-refractivity contribution in [3.05, 3.63) is 59.8 Å². The van der Waals surface area contributed by atoms with E-state index in [1.807, 2.05) is 43.3 Å². The molecule has 1 N–H and O–H groups in total. The smallest absolute Gasteiger partial charge is 0.248 e. The van der Waals surface area contributed by atoms with Crippen LogP contribution < -0.4 is 10.2 Å². The van der Waals surface area contributed by atoms with Crippen LogP contribution in [0.1, 0.15) is 11.1 Å². The fourth-order valence-corrected chi connectivity index (χ4v) is 2.47. The van der Waals surface area contributed by atoms with Gasteiger partial charge in [0.25, 0.3) is 0 Å². The number of hydrogen-bond donors (Lipinski definition) is 1. The molecule has 0 unspecified atom stereocenters. The molecule has 1 aliphatic rings. The SMILES string of the molecule is Cc1ccc(/C=C/C(=O)Nc2ccc(N3CCOCC3)nc2)cc1. The summed E-state index contributed by atoms with van der Waals surface area (Å²) < 4.78 is 5.33. The molecule has 1 aromatic heterocycles. The monoisotopic (exact) mass is 323 g/mol. The molecule has 2 heterocycles. The molecular weight excluding hydrogens is 302 g/mol. The zero-order valence-corrected chi connectivity index (χ0v) is 13.7. The topological polar surface area (TPSA) is 54.5 Å². The van der Waals surface area contributed by atoms with Crippen molar-refractivity contribution in [1.29, 1.82) is 0 Å². The van der Waals surface area contributed by atoms with E-state index in [1.54, 1.807) is 12.3 Å². The number of rotatable bonds is 4. The van der Waals surface area contributed by atoms with Crippen molar-refractivity contribution in [2.45, 2.75) is 6.92 Å². The maximum absolute atomic E-state index is 12.0. The lowest BCUT2D eigenvalue weighted by Gasteiger charge is -2.27. The van der Waals surface area contributed by atoms with E-state index < -0.39 is 0 Å². The summed E-state index contributed by atoms with van der Waals surface area (Å²) in [4.78, 5) is 18.6. The predicted molar refractivity (Wildman–Crippen MR) is 96.1 cm³/mol. The minimum atomic E-state index is -0.170. The highest BCUT2D eigenvalue weighted by Crippen LogP contribution is 2.15. The molecule has 5 heteroatoms. The molecule has 0 saturated carbocycles. The fourth-order valence-electron chi connectivity index (χ4n) is 2.47. The zero-order chi connectivity index (χ0) is 16.8. The quantitative estimate of drug-likeness (QED) is 0.879. The third-order valence-corrected chi connectivity index (χ3v) is 3.85. The Morgan fingerprint density at radius 2 is 1.92 bits per heavy atom. The van der Waals surface area contributed by atoms with E-state index in [0.717, 1.165) is 37.7 Å². The van der Waals surface area contributed by atoms with Crippen molar-refractivity contribution < 1.29 is 9.53 Å². The minimum Gasteiger partial charge on any atom is -0.378 e. The molecule has 1 fully saturated rings. The highest BCUT2D eigenvalue weighted by molar-refractivity contribution is 6.01. The Balaban J connectivity index is 1.57. The van der Waals surface area contributed by atoms with E-state index in [9.17, 15) is 4.79 Å². The number of amides is 1. The van der Waals surface area contributed by atoms with Gasteiger partial charge in [-0.15, -0.1) is 0 Å². The van der Waals surface area contributed by atoms with Crippen molar-refractivity contribution in [2.24, 2.45) is 0 Å².